The number of ether oxygens (including phenoxy) is 2. The van der Waals surface area contributed by atoms with Crippen LogP contribution in [-0.4, -0.2) is 55.7 Å². The van der Waals surface area contributed by atoms with E-state index in [1.54, 1.807) is 0 Å². The third kappa shape index (κ3) is 7.06. The summed E-state index contributed by atoms with van der Waals surface area (Å²) >= 11 is 0. The van der Waals surface area contributed by atoms with Crippen LogP contribution in [0.3, 0.4) is 0 Å². The van der Waals surface area contributed by atoms with Crippen molar-refractivity contribution in [3.05, 3.63) is 102 Å². The summed E-state index contributed by atoms with van der Waals surface area (Å²) in [6.07, 6.45) is 4.47. The second-order valence-electron chi connectivity index (χ2n) is 8.03. The Labute approximate surface area is 191 Å². The van der Waals surface area contributed by atoms with Gasteiger partial charge in [-0.3, -0.25) is 9.80 Å². The first kappa shape index (κ1) is 22.3. The molecule has 32 heavy (non-hydrogen) atoms. The fourth-order valence-electron chi connectivity index (χ4n) is 3.81. The minimum Gasteiger partial charge on any atom is -0.457 e. The maximum Gasteiger partial charge on any atom is 0.132 e. The maximum atomic E-state index is 6.03. The van der Waals surface area contributed by atoms with Crippen molar-refractivity contribution in [1.29, 1.82) is 0 Å². The molecule has 4 rings (SSSR count). The van der Waals surface area contributed by atoms with Gasteiger partial charge in [-0.05, 0) is 23.8 Å². The van der Waals surface area contributed by atoms with Gasteiger partial charge in [0.1, 0.15) is 11.5 Å². The SMILES string of the molecule is C(=Cc1ccccc1)CN1CCN(CCOCc2ccccc2Oc2ccccc2)CC1. The normalized spacial score (nSPS) is 15.2. The van der Waals surface area contributed by atoms with Crippen LogP contribution in [-0.2, 0) is 11.3 Å². The Hall–Kier alpha value is -2.92. The molecule has 0 atom stereocenters. The highest BCUT2D eigenvalue weighted by Gasteiger charge is 2.15. The summed E-state index contributed by atoms with van der Waals surface area (Å²) in [7, 11) is 0. The van der Waals surface area contributed by atoms with Crippen molar-refractivity contribution in [2.24, 2.45) is 0 Å². The molecular formula is C28H32N2O2. The van der Waals surface area contributed by atoms with E-state index in [-0.39, 0.29) is 0 Å². The largest absolute Gasteiger partial charge is 0.457 e. The number of nitrogens with zero attached hydrogens (tertiary/aromatic N) is 2. The van der Waals surface area contributed by atoms with Gasteiger partial charge in [0.05, 0.1) is 13.2 Å². The van der Waals surface area contributed by atoms with Crippen molar-refractivity contribution < 1.29 is 9.47 Å². The lowest BCUT2D eigenvalue weighted by molar-refractivity contribution is 0.0704. The van der Waals surface area contributed by atoms with E-state index in [1.807, 2.05) is 48.5 Å². The summed E-state index contributed by atoms with van der Waals surface area (Å²) in [6.45, 7) is 7.67. The van der Waals surface area contributed by atoms with Crippen LogP contribution >= 0.6 is 0 Å². The molecule has 0 aromatic heterocycles. The van der Waals surface area contributed by atoms with Crippen LogP contribution in [0, 0.1) is 0 Å². The van der Waals surface area contributed by atoms with Crippen molar-refractivity contribution >= 4 is 6.08 Å². The van der Waals surface area contributed by atoms with Gasteiger partial charge in [0, 0.05) is 44.8 Å². The summed E-state index contributed by atoms with van der Waals surface area (Å²) in [4.78, 5) is 5.00. The zero-order valence-corrected chi connectivity index (χ0v) is 18.6. The Kier molecular flexibility index (Phi) is 8.50. The van der Waals surface area contributed by atoms with Crippen molar-refractivity contribution in [2.45, 2.75) is 6.61 Å². The van der Waals surface area contributed by atoms with E-state index < -0.39 is 0 Å². The third-order valence-electron chi connectivity index (χ3n) is 5.69. The maximum absolute atomic E-state index is 6.03. The van der Waals surface area contributed by atoms with Gasteiger partial charge in [-0.25, -0.2) is 0 Å². The molecule has 1 heterocycles. The lowest BCUT2D eigenvalue weighted by atomic mass is 10.2. The molecule has 0 bridgehead atoms. The average Bonchev–Trinajstić information content (AvgIpc) is 2.85. The van der Waals surface area contributed by atoms with Gasteiger partial charge in [-0.1, -0.05) is 78.9 Å². The van der Waals surface area contributed by atoms with Gasteiger partial charge in [-0.2, -0.15) is 0 Å². The molecule has 0 amide bonds. The van der Waals surface area contributed by atoms with Gasteiger partial charge in [0.25, 0.3) is 0 Å². The summed E-state index contributed by atoms with van der Waals surface area (Å²) in [5, 5.41) is 0. The van der Waals surface area contributed by atoms with Crippen LogP contribution in [0.4, 0.5) is 0 Å². The van der Waals surface area contributed by atoms with Crippen molar-refractivity contribution in [3.8, 4) is 11.5 Å². The van der Waals surface area contributed by atoms with Crippen LogP contribution in [0.25, 0.3) is 6.08 Å². The number of piperazine rings is 1. The molecule has 0 unspecified atom stereocenters. The highest BCUT2D eigenvalue weighted by Crippen LogP contribution is 2.25. The minimum atomic E-state index is 0.563. The van der Waals surface area contributed by atoms with E-state index in [0.29, 0.717) is 6.61 Å². The molecule has 1 saturated heterocycles. The van der Waals surface area contributed by atoms with Gasteiger partial charge in [0.2, 0.25) is 0 Å². The van der Waals surface area contributed by atoms with Gasteiger partial charge >= 0.3 is 0 Å². The second kappa shape index (κ2) is 12.2. The summed E-state index contributed by atoms with van der Waals surface area (Å²) in [6, 6.07) is 28.5. The summed E-state index contributed by atoms with van der Waals surface area (Å²) < 4.78 is 12.0. The number of rotatable bonds is 10. The predicted octanol–water partition coefficient (Wildman–Crippen LogP) is 5.33. The van der Waals surface area contributed by atoms with Crippen LogP contribution in [0.15, 0.2) is 91.0 Å². The molecule has 0 N–H and O–H groups in total. The Bertz CT molecular complexity index is 951. The first-order valence-corrected chi connectivity index (χ1v) is 11.4. The molecular weight excluding hydrogens is 396 g/mol. The molecule has 4 heteroatoms. The molecule has 0 saturated carbocycles. The Morgan fingerprint density at radius 1 is 0.719 bits per heavy atom. The number of para-hydroxylation sites is 2. The number of benzene rings is 3. The van der Waals surface area contributed by atoms with Crippen molar-refractivity contribution in [1.82, 2.24) is 9.80 Å². The van der Waals surface area contributed by atoms with Crippen LogP contribution in [0.5, 0.6) is 11.5 Å². The predicted molar refractivity (Wildman–Crippen MR) is 131 cm³/mol. The van der Waals surface area contributed by atoms with E-state index in [9.17, 15) is 0 Å². The van der Waals surface area contributed by atoms with Crippen LogP contribution in [0.1, 0.15) is 11.1 Å². The van der Waals surface area contributed by atoms with Gasteiger partial charge < -0.3 is 9.47 Å². The number of hydrogen-bond acceptors (Lipinski definition) is 4. The Balaban J connectivity index is 1.14. The standard InChI is InChI=1S/C28H32N2O2/c1-3-10-25(11-4-1)12-9-17-29-18-20-30(21-19-29)22-23-31-24-26-13-7-8-16-28(26)32-27-14-5-2-6-15-27/h1-16H,17-24H2. The zero-order valence-electron chi connectivity index (χ0n) is 18.6. The van der Waals surface area contributed by atoms with E-state index in [4.69, 9.17) is 9.47 Å². The molecule has 4 nitrogen and oxygen atoms in total. The van der Waals surface area contributed by atoms with E-state index in [2.05, 4.69) is 58.4 Å². The molecule has 0 aliphatic carbocycles. The topological polar surface area (TPSA) is 24.9 Å². The van der Waals surface area contributed by atoms with E-state index in [1.165, 1.54) is 5.56 Å². The zero-order chi connectivity index (χ0) is 21.8. The fourth-order valence-corrected chi connectivity index (χ4v) is 3.81. The quantitative estimate of drug-likeness (QED) is 0.408. The smallest absolute Gasteiger partial charge is 0.132 e. The first-order chi connectivity index (χ1) is 15.9. The third-order valence-corrected chi connectivity index (χ3v) is 5.69. The van der Waals surface area contributed by atoms with E-state index in [0.717, 1.165) is 62.9 Å². The molecule has 0 radical (unpaired) electrons. The monoisotopic (exact) mass is 428 g/mol. The lowest BCUT2D eigenvalue weighted by Gasteiger charge is -2.34. The minimum absolute atomic E-state index is 0.563. The Morgan fingerprint density at radius 2 is 1.38 bits per heavy atom. The lowest BCUT2D eigenvalue weighted by Crippen LogP contribution is -2.47. The van der Waals surface area contributed by atoms with Crippen LogP contribution < -0.4 is 4.74 Å². The highest BCUT2D eigenvalue weighted by atomic mass is 16.5. The molecule has 1 aliphatic heterocycles. The van der Waals surface area contributed by atoms with Gasteiger partial charge in [-0.15, -0.1) is 0 Å². The molecule has 0 spiro atoms. The van der Waals surface area contributed by atoms with Crippen LogP contribution in [0.2, 0.25) is 0 Å². The second-order valence-corrected chi connectivity index (χ2v) is 8.03. The number of hydrogen-bond donors (Lipinski definition) is 0. The molecule has 1 fully saturated rings. The summed E-state index contributed by atoms with van der Waals surface area (Å²) in [5.74, 6) is 1.70. The molecule has 3 aromatic carbocycles. The highest BCUT2D eigenvalue weighted by molar-refractivity contribution is 5.48. The molecule has 3 aromatic rings. The van der Waals surface area contributed by atoms with Crippen molar-refractivity contribution in [3.63, 3.8) is 0 Å². The van der Waals surface area contributed by atoms with E-state index >= 15 is 0 Å². The first-order valence-electron chi connectivity index (χ1n) is 11.4. The molecule has 1 aliphatic rings. The van der Waals surface area contributed by atoms with Crippen molar-refractivity contribution in [2.75, 3.05) is 45.9 Å². The molecule has 166 valence electrons. The average molecular weight is 429 g/mol. The summed E-state index contributed by atoms with van der Waals surface area (Å²) in [5.41, 5.74) is 2.34. The van der Waals surface area contributed by atoms with Gasteiger partial charge in [0.15, 0.2) is 0 Å². The Morgan fingerprint density at radius 3 is 2.16 bits per heavy atom. The fraction of sp³-hybridized carbons (Fsp3) is 0.286.